The van der Waals surface area contributed by atoms with Crippen molar-refractivity contribution in [3.63, 3.8) is 0 Å². The third-order valence-corrected chi connectivity index (χ3v) is 4.31. The number of aromatic nitrogens is 1. The molecule has 1 aromatic heterocycles. The minimum absolute atomic E-state index is 0.171. The lowest BCUT2D eigenvalue weighted by molar-refractivity contribution is -0.122. The standard InChI is InChI=1S/C17H28N4O/c1-20-11-12-21(2)16(14-20)13-17(22)19-10-6-4-8-15-7-3-5-9-18-15/h3,5,7,9,16H,4,6,8,10-14H2,1-2H3,(H,19,22). The second-order valence-corrected chi connectivity index (χ2v) is 6.23. The van der Waals surface area contributed by atoms with Crippen LogP contribution in [0.25, 0.3) is 0 Å². The van der Waals surface area contributed by atoms with Crippen LogP contribution in [0.3, 0.4) is 0 Å². The Morgan fingerprint density at radius 3 is 2.95 bits per heavy atom. The molecule has 0 saturated carbocycles. The van der Waals surface area contributed by atoms with Gasteiger partial charge in [-0.2, -0.15) is 0 Å². The number of likely N-dealkylation sites (N-methyl/N-ethyl adjacent to an activating group) is 2. The molecule has 1 saturated heterocycles. The Kier molecular flexibility index (Phi) is 6.80. The number of nitrogens with zero attached hydrogens (tertiary/aromatic N) is 3. The number of rotatable bonds is 7. The molecule has 122 valence electrons. The molecule has 1 atom stereocenters. The molecule has 2 rings (SSSR count). The van der Waals surface area contributed by atoms with Gasteiger partial charge >= 0.3 is 0 Å². The molecule has 0 bridgehead atoms. The fraction of sp³-hybridized carbons (Fsp3) is 0.647. The zero-order chi connectivity index (χ0) is 15.8. The molecule has 22 heavy (non-hydrogen) atoms. The number of carbonyl (C=O) groups excluding carboxylic acids is 1. The normalized spacial score (nSPS) is 20.0. The van der Waals surface area contributed by atoms with E-state index in [0.29, 0.717) is 12.5 Å². The first-order valence-electron chi connectivity index (χ1n) is 8.20. The van der Waals surface area contributed by atoms with Gasteiger partial charge in [0.2, 0.25) is 5.91 Å². The Hall–Kier alpha value is -1.46. The summed E-state index contributed by atoms with van der Waals surface area (Å²) >= 11 is 0. The highest BCUT2D eigenvalue weighted by Crippen LogP contribution is 2.09. The fourth-order valence-electron chi connectivity index (χ4n) is 2.81. The van der Waals surface area contributed by atoms with Crippen LogP contribution in [0.1, 0.15) is 25.0 Å². The van der Waals surface area contributed by atoms with Crippen LogP contribution in [0.15, 0.2) is 24.4 Å². The average Bonchev–Trinajstić information content (AvgIpc) is 2.51. The number of carbonyl (C=O) groups is 1. The average molecular weight is 304 g/mol. The molecule has 1 aliphatic heterocycles. The topological polar surface area (TPSA) is 48.5 Å². The molecule has 0 aliphatic carbocycles. The molecule has 0 spiro atoms. The van der Waals surface area contributed by atoms with Crippen molar-refractivity contribution < 1.29 is 4.79 Å². The quantitative estimate of drug-likeness (QED) is 0.768. The maximum absolute atomic E-state index is 12.0. The molecule has 0 aromatic carbocycles. The Labute approximate surface area is 133 Å². The van der Waals surface area contributed by atoms with Gasteiger partial charge in [0.05, 0.1) is 0 Å². The van der Waals surface area contributed by atoms with Gasteiger partial charge in [-0.3, -0.25) is 9.78 Å². The summed E-state index contributed by atoms with van der Waals surface area (Å²) in [5, 5.41) is 3.05. The van der Waals surface area contributed by atoms with Crippen molar-refractivity contribution >= 4 is 5.91 Å². The molecular weight excluding hydrogens is 276 g/mol. The zero-order valence-corrected chi connectivity index (χ0v) is 13.8. The molecule has 1 aromatic rings. The minimum Gasteiger partial charge on any atom is -0.356 e. The maximum Gasteiger partial charge on any atom is 0.221 e. The Morgan fingerprint density at radius 2 is 2.18 bits per heavy atom. The third kappa shape index (κ3) is 5.73. The number of amides is 1. The highest BCUT2D eigenvalue weighted by Gasteiger charge is 2.24. The lowest BCUT2D eigenvalue weighted by atomic mass is 10.1. The second-order valence-electron chi connectivity index (χ2n) is 6.23. The summed E-state index contributed by atoms with van der Waals surface area (Å²) in [6.07, 6.45) is 5.47. The molecular formula is C17H28N4O. The number of nitrogens with one attached hydrogen (secondary N) is 1. The van der Waals surface area contributed by atoms with Gasteiger partial charge in [-0.15, -0.1) is 0 Å². The largest absolute Gasteiger partial charge is 0.356 e. The van der Waals surface area contributed by atoms with E-state index in [-0.39, 0.29) is 5.91 Å². The number of unbranched alkanes of at least 4 members (excludes halogenated alkanes) is 1. The summed E-state index contributed by atoms with van der Waals surface area (Å²) < 4.78 is 0. The first-order chi connectivity index (χ1) is 10.6. The van der Waals surface area contributed by atoms with E-state index in [0.717, 1.165) is 51.1 Å². The van der Waals surface area contributed by atoms with E-state index in [1.807, 2.05) is 24.4 Å². The van der Waals surface area contributed by atoms with Crippen LogP contribution in [0, 0.1) is 0 Å². The van der Waals surface area contributed by atoms with E-state index in [2.05, 4.69) is 34.2 Å². The summed E-state index contributed by atoms with van der Waals surface area (Å²) in [4.78, 5) is 20.9. The highest BCUT2D eigenvalue weighted by atomic mass is 16.1. The smallest absolute Gasteiger partial charge is 0.221 e. The molecule has 1 N–H and O–H groups in total. The molecule has 0 radical (unpaired) electrons. The van der Waals surface area contributed by atoms with Crippen molar-refractivity contribution in [2.45, 2.75) is 31.7 Å². The Morgan fingerprint density at radius 1 is 1.32 bits per heavy atom. The van der Waals surface area contributed by atoms with Crippen molar-refractivity contribution in [1.29, 1.82) is 0 Å². The van der Waals surface area contributed by atoms with Gasteiger partial charge < -0.3 is 15.1 Å². The number of aryl methyl sites for hydroxylation is 1. The van der Waals surface area contributed by atoms with Gasteiger partial charge in [0.25, 0.3) is 0 Å². The van der Waals surface area contributed by atoms with Crippen LogP contribution in [0.2, 0.25) is 0 Å². The Balaban J connectivity index is 1.57. The van der Waals surface area contributed by atoms with Crippen LogP contribution in [0.4, 0.5) is 0 Å². The van der Waals surface area contributed by atoms with Gasteiger partial charge in [0, 0.05) is 50.5 Å². The highest BCUT2D eigenvalue weighted by molar-refractivity contribution is 5.76. The summed E-state index contributed by atoms with van der Waals surface area (Å²) in [7, 11) is 4.23. The monoisotopic (exact) mass is 304 g/mol. The SMILES string of the molecule is CN1CCN(C)C(CC(=O)NCCCCc2ccccn2)C1. The first kappa shape index (κ1) is 16.9. The second kappa shape index (κ2) is 8.86. The summed E-state index contributed by atoms with van der Waals surface area (Å²) in [6.45, 7) is 3.86. The molecule has 1 aliphatic rings. The Bertz CT molecular complexity index is 451. The van der Waals surface area contributed by atoms with E-state index in [4.69, 9.17) is 0 Å². The predicted octanol–water partition coefficient (Wildman–Crippen LogP) is 1.16. The molecule has 5 heteroatoms. The number of hydrogen-bond donors (Lipinski definition) is 1. The van der Waals surface area contributed by atoms with Crippen molar-refractivity contribution in [2.24, 2.45) is 0 Å². The van der Waals surface area contributed by atoms with Crippen LogP contribution in [-0.2, 0) is 11.2 Å². The fourth-order valence-corrected chi connectivity index (χ4v) is 2.81. The lowest BCUT2D eigenvalue weighted by Gasteiger charge is -2.37. The number of piperazine rings is 1. The first-order valence-corrected chi connectivity index (χ1v) is 8.20. The molecule has 2 heterocycles. The van der Waals surface area contributed by atoms with E-state index in [1.54, 1.807) is 0 Å². The van der Waals surface area contributed by atoms with E-state index in [9.17, 15) is 4.79 Å². The van der Waals surface area contributed by atoms with Crippen molar-refractivity contribution in [2.75, 3.05) is 40.3 Å². The van der Waals surface area contributed by atoms with Crippen LogP contribution < -0.4 is 5.32 Å². The van der Waals surface area contributed by atoms with Crippen LogP contribution >= 0.6 is 0 Å². The lowest BCUT2D eigenvalue weighted by Crippen LogP contribution is -2.51. The van der Waals surface area contributed by atoms with Gasteiger partial charge in [0.1, 0.15) is 0 Å². The number of hydrogen-bond acceptors (Lipinski definition) is 4. The van der Waals surface area contributed by atoms with Crippen molar-refractivity contribution in [1.82, 2.24) is 20.1 Å². The molecule has 1 unspecified atom stereocenters. The molecule has 1 fully saturated rings. The molecule has 1 amide bonds. The third-order valence-electron chi connectivity index (χ3n) is 4.31. The van der Waals surface area contributed by atoms with Crippen LogP contribution in [0.5, 0.6) is 0 Å². The zero-order valence-electron chi connectivity index (χ0n) is 13.8. The summed E-state index contributed by atoms with van der Waals surface area (Å²) in [5.74, 6) is 0.171. The minimum atomic E-state index is 0.171. The van der Waals surface area contributed by atoms with Crippen LogP contribution in [-0.4, -0.2) is 67.0 Å². The number of pyridine rings is 1. The summed E-state index contributed by atoms with van der Waals surface area (Å²) in [5.41, 5.74) is 1.13. The van der Waals surface area contributed by atoms with Gasteiger partial charge in [-0.05, 0) is 45.5 Å². The van der Waals surface area contributed by atoms with E-state index in [1.165, 1.54) is 0 Å². The van der Waals surface area contributed by atoms with Crippen molar-refractivity contribution in [3.8, 4) is 0 Å². The molecule has 5 nitrogen and oxygen atoms in total. The van der Waals surface area contributed by atoms with Gasteiger partial charge in [-0.25, -0.2) is 0 Å². The van der Waals surface area contributed by atoms with E-state index < -0.39 is 0 Å². The maximum atomic E-state index is 12.0. The summed E-state index contributed by atoms with van der Waals surface area (Å²) in [6, 6.07) is 6.34. The predicted molar refractivity (Wildman–Crippen MR) is 88.7 cm³/mol. The van der Waals surface area contributed by atoms with Crippen molar-refractivity contribution in [3.05, 3.63) is 30.1 Å². The van der Waals surface area contributed by atoms with E-state index >= 15 is 0 Å². The van der Waals surface area contributed by atoms with Gasteiger partial charge in [-0.1, -0.05) is 6.07 Å². The van der Waals surface area contributed by atoms with Gasteiger partial charge in [0.15, 0.2) is 0 Å².